The molecule has 0 spiro atoms. The van der Waals surface area contributed by atoms with Gasteiger partial charge < -0.3 is 5.32 Å². The molecule has 0 aliphatic heterocycles. The van der Waals surface area contributed by atoms with E-state index in [1.165, 1.54) is 12.1 Å². The average Bonchev–Trinajstić information content (AvgIpc) is 2.37. The number of hydrogen-bond donors (Lipinski definition) is 1. The van der Waals surface area contributed by atoms with Crippen LogP contribution < -0.4 is 5.32 Å². The van der Waals surface area contributed by atoms with E-state index in [2.05, 4.69) is 18.5 Å². The average molecular weight is 273 g/mol. The molecule has 18 heavy (non-hydrogen) atoms. The molecule has 0 radical (unpaired) electrons. The molecule has 102 valence electrons. The van der Waals surface area contributed by atoms with Gasteiger partial charge in [0.05, 0.1) is 0 Å². The summed E-state index contributed by atoms with van der Waals surface area (Å²) in [7, 11) is 0. The minimum atomic E-state index is -0.777. The van der Waals surface area contributed by atoms with Crippen LogP contribution in [0.3, 0.4) is 0 Å². The molecule has 1 aromatic rings. The zero-order valence-corrected chi connectivity index (χ0v) is 11.8. The minimum absolute atomic E-state index is 0.335. The molecule has 4 heteroatoms. The lowest BCUT2D eigenvalue weighted by Crippen LogP contribution is -2.32. The van der Waals surface area contributed by atoms with Crippen molar-refractivity contribution in [2.75, 3.05) is 18.6 Å². The Hall–Kier alpha value is -0.610. The van der Waals surface area contributed by atoms with E-state index in [1.54, 1.807) is 17.8 Å². The quantitative estimate of drug-likeness (QED) is 0.776. The van der Waals surface area contributed by atoms with E-state index >= 15 is 0 Å². The van der Waals surface area contributed by atoms with E-state index in [-0.39, 0.29) is 0 Å². The molecule has 0 aliphatic carbocycles. The van der Waals surface area contributed by atoms with Crippen LogP contribution in [0.5, 0.6) is 0 Å². The molecule has 1 rings (SSSR count). The number of thioether (sulfide) groups is 1. The van der Waals surface area contributed by atoms with Gasteiger partial charge in [-0.05, 0) is 55.5 Å². The first-order chi connectivity index (χ1) is 8.67. The third-order valence-corrected chi connectivity index (χ3v) is 3.46. The van der Waals surface area contributed by atoms with Crippen LogP contribution in [0.2, 0.25) is 0 Å². The summed E-state index contributed by atoms with van der Waals surface area (Å²) in [6.45, 7) is 3.08. The summed E-state index contributed by atoms with van der Waals surface area (Å²) in [4.78, 5) is 0. The van der Waals surface area contributed by atoms with Crippen molar-refractivity contribution >= 4 is 11.8 Å². The Labute approximate surface area is 112 Å². The summed E-state index contributed by atoms with van der Waals surface area (Å²) in [5.41, 5.74) is 0.851. The van der Waals surface area contributed by atoms with Crippen molar-refractivity contribution in [1.29, 1.82) is 0 Å². The van der Waals surface area contributed by atoms with E-state index in [1.807, 2.05) is 0 Å². The Morgan fingerprint density at radius 2 is 2.06 bits per heavy atom. The van der Waals surface area contributed by atoms with Crippen molar-refractivity contribution in [1.82, 2.24) is 5.32 Å². The van der Waals surface area contributed by atoms with Crippen LogP contribution in [-0.4, -0.2) is 24.6 Å². The monoisotopic (exact) mass is 273 g/mol. The van der Waals surface area contributed by atoms with Gasteiger partial charge in [-0.2, -0.15) is 11.8 Å². The van der Waals surface area contributed by atoms with Crippen LogP contribution in [0.15, 0.2) is 18.2 Å². The normalized spacial score (nSPS) is 12.7. The summed E-state index contributed by atoms with van der Waals surface area (Å²) in [6.07, 6.45) is 4.94. The summed E-state index contributed by atoms with van der Waals surface area (Å²) in [6, 6.07) is 4.51. The van der Waals surface area contributed by atoms with Crippen LogP contribution in [0.4, 0.5) is 8.78 Å². The Kier molecular flexibility index (Phi) is 7.28. The number of nitrogens with one attached hydrogen (secondary N) is 1. The molecule has 0 amide bonds. The zero-order chi connectivity index (χ0) is 13.4. The third-order valence-electron chi connectivity index (χ3n) is 2.82. The van der Waals surface area contributed by atoms with E-state index < -0.39 is 11.6 Å². The predicted molar refractivity (Wildman–Crippen MR) is 75.1 cm³/mol. The van der Waals surface area contributed by atoms with Gasteiger partial charge >= 0.3 is 0 Å². The first-order valence-corrected chi connectivity index (χ1v) is 7.73. The minimum Gasteiger partial charge on any atom is -0.314 e. The Morgan fingerprint density at radius 1 is 1.28 bits per heavy atom. The van der Waals surface area contributed by atoms with Gasteiger partial charge in [-0.15, -0.1) is 0 Å². The largest absolute Gasteiger partial charge is 0.314 e. The topological polar surface area (TPSA) is 12.0 Å². The van der Waals surface area contributed by atoms with Gasteiger partial charge in [0.15, 0.2) is 11.6 Å². The number of benzene rings is 1. The smallest absolute Gasteiger partial charge is 0.159 e. The lowest BCUT2D eigenvalue weighted by atomic mass is 10.0. The highest BCUT2D eigenvalue weighted by Gasteiger charge is 2.10. The van der Waals surface area contributed by atoms with Gasteiger partial charge in [0, 0.05) is 6.04 Å². The van der Waals surface area contributed by atoms with Gasteiger partial charge in [0.1, 0.15) is 0 Å². The van der Waals surface area contributed by atoms with Gasteiger partial charge in [0.25, 0.3) is 0 Å². The van der Waals surface area contributed by atoms with E-state index in [0.717, 1.165) is 37.1 Å². The first kappa shape index (κ1) is 15.4. The second kappa shape index (κ2) is 8.48. The van der Waals surface area contributed by atoms with Gasteiger partial charge in [-0.3, -0.25) is 0 Å². The second-order valence-electron chi connectivity index (χ2n) is 4.39. The summed E-state index contributed by atoms with van der Waals surface area (Å²) in [5, 5.41) is 3.46. The molecule has 1 unspecified atom stereocenters. The highest BCUT2D eigenvalue weighted by atomic mass is 32.2. The molecular formula is C14H21F2NS. The number of halogens is 2. The van der Waals surface area contributed by atoms with Crippen LogP contribution in [0, 0.1) is 11.6 Å². The molecule has 0 fully saturated rings. The molecule has 0 aromatic heterocycles. The van der Waals surface area contributed by atoms with Gasteiger partial charge in [-0.1, -0.05) is 13.0 Å². The van der Waals surface area contributed by atoms with Crippen molar-refractivity contribution in [3.05, 3.63) is 35.4 Å². The maximum atomic E-state index is 13.1. The maximum absolute atomic E-state index is 13.1. The zero-order valence-electron chi connectivity index (χ0n) is 11.0. The molecule has 1 aromatic carbocycles. The summed E-state index contributed by atoms with van der Waals surface area (Å²) >= 11 is 1.81. The van der Waals surface area contributed by atoms with Gasteiger partial charge in [0.2, 0.25) is 0 Å². The second-order valence-corrected chi connectivity index (χ2v) is 5.37. The van der Waals surface area contributed by atoms with Crippen LogP contribution in [0.1, 0.15) is 25.3 Å². The van der Waals surface area contributed by atoms with Crippen molar-refractivity contribution in [3.63, 3.8) is 0 Å². The fraction of sp³-hybridized carbons (Fsp3) is 0.571. The Morgan fingerprint density at radius 3 is 2.67 bits per heavy atom. The third kappa shape index (κ3) is 5.36. The molecule has 0 saturated heterocycles. The van der Waals surface area contributed by atoms with Crippen LogP contribution in [-0.2, 0) is 6.42 Å². The molecule has 1 atom stereocenters. The van der Waals surface area contributed by atoms with Crippen molar-refractivity contribution in [2.24, 2.45) is 0 Å². The van der Waals surface area contributed by atoms with E-state index in [9.17, 15) is 8.78 Å². The lowest BCUT2D eigenvalue weighted by molar-refractivity contribution is 0.487. The molecule has 0 saturated carbocycles. The Bertz CT molecular complexity index is 350. The summed E-state index contributed by atoms with van der Waals surface area (Å²) in [5.74, 6) is -0.460. The van der Waals surface area contributed by atoms with E-state index in [0.29, 0.717) is 6.04 Å². The van der Waals surface area contributed by atoms with Gasteiger partial charge in [-0.25, -0.2) is 8.78 Å². The van der Waals surface area contributed by atoms with Crippen molar-refractivity contribution in [2.45, 2.75) is 32.2 Å². The standard InChI is InChI=1S/C14H21F2NS/c1-3-7-17-12(6-8-18-2)9-11-4-5-13(15)14(16)10-11/h4-5,10,12,17H,3,6-9H2,1-2H3. The molecule has 0 heterocycles. The van der Waals surface area contributed by atoms with Crippen molar-refractivity contribution in [3.8, 4) is 0 Å². The van der Waals surface area contributed by atoms with Crippen molar-refractivity contribution < 1.29 is 8.78 Å². The fourth-order valence-electron chi connectivity index (χ4n) is 1.84. The maximum Gasteiger partial charge on any atom is 0.159 e. The molecular weight excluding hydrogens is 252 g/mol. The number of hydrogen-bond acceptors (Lipinski definition) is 2. The van der Waals surface area contributed by atoms with E-state index in [4.69, 9.17) is 0 Å². The number of rotatable bonds is 8. The predicted octanol–water partition coefficient (Wildman–Crippen LogP) is 3.63. The molecule has 1 N–H and O–H groups in total. The van der Waals surface area contributed by atoms with Crippen LogP contribution >= 0.6 is 11.8 Å². The SMILES string of the molecule is CCCNC(CCSC)Cc1ccc(F)c(F)c1. The Balaban J connectivity index is 2.59. The lowest BCUT2D eigenvalue weighted by Gasteiger charge is -2.18. The highest BCUT2D eigenvalue weighted by molar-refractivity contribution is 7.98. The molecule has 1 nitrogen and oxygen atoms in total. The highest BCUT2D eigenvalue weighted by Crippen LogP contribution is 2.13. The molecule has 0 aliphatic rings. The first-order valence-electron chi connectivity index (χ1n) is 6.33. The summed E-state index contributed by atoms with van der Waals surface area (Å²) < 4.78 is 26.0. The fourth-order valence-corrected chi connectivity index (χ4v) is 2.36. The van der Waals surface area contributed by atoms with Crippen LogP contribution in [0.25, 0.3) is 0 Å². The molecule has 0 bridgehead atoms.